The van der Waals surface area contributed by atoms with Crippen LogP contribution in [0, 0.1) is 0 Å². The molecule has 4 nitrogen and oxygen atoms in total. The Morgan fingerprint density at radius 3 is 3.00 bits per heavy atom. The average molecular weight is 223 g/mol. The van der Waals surface area contributed by atoms with Crippen molar-refractivity contribution in [3.8, 4) is 0 Å². The van der Waals surface area contributed by atoms with Gasteiger partial charge in [0.15, 0.2) is 0 Å². The van der Waals surface area contributed by atoms with Crippen LogP contribution < -0.4 is 5.32 Å². The number of ether oxygens (including phenoxy) is 1. The Balaban J connectivity index is 1.51. The number of nitrogens with zero attached hydrogens (tertiary/aromatic N) is 2. The zero-order valence-corrected chi connectivity index (χ0v) is 9.98. The van der Waals surface area contributed by atoms with Crippen molar-refractivity contribution in [2.75, 3.05) is 13.2 Å². The normalized spacial score (nSPS) is 17.1. The fourth-order valence-electron chi connectivity index (χ4n) is 2.13. The highest BCUT2D eigenvalue weighted by Gasteiger charge is 2.14. The number of hydrogen-bond acceptors (Lipinski definition) is 3. The lowest BCUT2D eigenvalue weighted by atomic mass is 10.3. The molecule has 1 saturated carbocycles. The minimum absolute atomic E-state index is 0.525. The molecule has 0 aliphatic heterocycles. The van der Waals surface area contributed by atoms with Gasteiger partial charge in [-0.2, -0.15) is 5.10 Å². The van der Waals surface area contributed by atoms with E-state index in [1.165, 1.54) is 25.7 Å². The van der Waals surface area contributed by atoms with Crippen LogP contribution in [-0.2, 0) is 18.3 Å². The van der Waals surface area contributed by atoms with E-state index >= 15 is 0 Å². The van der Waals surface area contributed by atoms with Crippen molar-refractivity contribution >= 4 is 0 Å². The summed E-state index contributed by atoms with van der Waals surface area (Å²) in [7, 11) is 1.94. The van der Waals surface area contributed by atoms with E-state index in [-0.39, 0.29) is 0 Å². The second-order valence-corrected chi connectivity index (χ2v) is 4.43. The first kappa shape index (κ1) is 11.6. The summed E-state index contributed by atoms with van der Waals surface area (Å²) in [5.74, 6) is 0. The standard InChI is InChI=1S/C12H21N3O/c1-15-8-6-11(14-15)10-13-7-9-16-12-4-2-3-5-12/h6,8,12-13H,2-5,7,9-10H2,1H3. The maximum absolute atomic E-state index is 5.76. The molecular formula is C12H21N3O. The summed E-state index contributed by atoms with van der Waals surface area (Å²) in [6, 6.07) is 2.03. The van der Waals surface area contributed by atoms with E-state index in [1.54, 1.807) is 0 Å². The highest BCUT2D eigenvalue weighted by molar-refractivity contribution is 4.97. The van der Waals surface area contributed by atoms with Crippen LogP contribution in [0.1, 0.15) is 31.4 Å². The first-order valence-electron chi connectivity index (χ1n) is 6.15. The zero-order valence-electron chi connectivity index (χ0n) is 9.98. The second kappa shape index (κ2) is 6.01. The first-order valence-corrected chi connectivity index (χ1v) is 6.15. The number of rotatable bonds is 6. The van der Waals surface area contributed by atoms with Gasteiger partial charge in [0, 0.05) is 26.3 Å². The van der Waals surface area contributed by atoms with Crippen LogP contribution in [0.25, 0.3) is 0 Å². The molecule has 4 heteroatoms. The minimum Gasteiger partial charge on any atom is -0.377 e. The van der Waals surface area contributed by atoms with Crippen molar-refractivity contribution in [2.45, 2.75) is 38.3 Å². The summed E-state index contributed by atoms with van der Waals surface area (Å²) < 4.78 is 7.58. The van der Waals surface area contributed by atoms with Gasteiger partial charge in [0.2, 0.25) is 0 Å². The molecule has 0 amide bonds. The SMILES string of the molecule is Cn1ccc(CNCCOC2CCCC2)n1. The van der Waals surface area contributed by atoms with Gasteiger partial charge in [-0.3, -0.25) is 4.68 Å². The molecule has 0 atom stereocenters. The highest BCUT2D eigenvalue weighted by Crippen LogP contribution is 2.20. The Kier molecular flexibility index (Phi) is 4.36. The van der Waals surface area contributed by atoms with Gasteiger partial charge in [0.25, 0.3) is 0 Å². The molecule has 2 rings (SSSR count). The molecule has 0 spiro atoms. The van der Waals surface area contributed by atoms with Crippen LogP contribution in [0.5, 0.6) is 0 Å². The lowest BCUT2D eigenvalue weighted by Gasteiger charge is -2.10. The van der Waals surface area contributed by atoms with Crippen molar-refractivity contribution in [2.24, 2.45) is 7.05 Å². The molecule has 0 bridgehead atoms. The molecule has 0 unspecified atom stereocenters. The van der Waals surface area contributed by atoms with Gasteiger partial charge >= 0.3 is 0 Å². The molecule has 1 aromatic heterocycles. The van der Waals surface area contributed by atoms with Crippen molar-refractivity contribution in [3.05, 3.63) is 18.0 Å². The number of hydrogen-bond donors (Lipinski definition) is 1. The Morgan fingerprint density at radius 2 is 2.31 bits per heavy atom. The summed E-state index contributed by atoms with van der Waals surface area (Å²) in [5.41, 5.74) is 1.09. The topological polar surface area (TPSA) is 39.1 Å². The lowest BCUT2D eigenvalue weighted by Crippen LogP contribution is -2.22. The van der Waals surface area contributed by atoms with Gasteiger partial charge in [-0.25, -0.2) is 0 Å². The summed E-state index contributed by atoms with van der Waals surface area (Å²) in [6.07, 6.45) is 7.67. The van der Waals surface area contributed by atoms with Crippen LogP contribution in [0.3, 0.4) is 0 Å². The maximum Gasteiger partial charge on any atom is 0.0762 e. The molecule has 90 valence electrons. The van der Waals surface area contributed by atoms with Gasteiger partial charge in [-0.15, -0.1) is 0 Å². The third kappa shape index (κ3) is 3.61. The molecular weight excluding hydrogens is 202 g/mol. The summed E-state index contributed by atoms with van der Waals surface area (Å²) >= 11 is 0. The predicted molar refractivity (Wildman–Crippen MR) is 63.1 cm³/mol. The number of aromatic nitrogens is 2. The average Bonchev–Trinajstić information content (AvgIpc) is 2.89. The minimum atomic E-state index is 0.525. The van der Waals surface area contributed by atoms with Crippen LogP contribution >= 0.6 is 0 Å². The molecule has 0 aromatic carbocycles. The molecule has 1 aliphatic carbocycles. The Bertz CT molecular complexity index is 305. The van der Waals surface area contributed by atoms with E-state index in [9.17, 15) is 0 Å². The maximum atomic E-state index is 5.76. The third-order valence-corrected chi connectivity index (χ3v) is 3.01. The fourth-order valence-corrected chi connectivity index (χ4v) is 2.13. The van der Waals surface area contributed by atoms with Gasteiger partial charge in [0.1, 0.15) is 0 Å². The van der Waals surface area contributed by atoms with Crippen LogP contribution in [0.2, 0.25) is 0 Å². The van der Waals surface area contributed by atoms with Gasteiger partial charge in [0.05, 0.1) is 18.4 Å². The van der Waals surface area contributed by atoms with E-state index in [2.05, 4.69) is 10.4 Å². The fraction of sp³-hybridized carbons (Fsp3) is 0.750. The number of aryl methyl sites for hydroxylation is 1. The van der Waals surface area contributed by atoms with E-state index in [4.69, 9.17) is 4.74 Å². The summed E-state index contributed by atoms with van der Waals surface area (Å²) in [4.78, 5) is 0. The first-order chi connectivity index (χ1) is 7.84. The molecule has 1 aliphatic rings. The molecule has 0 saturated heterocycles. The Hall–Kier alpha value is -0.870. The van der Waals surface area contributed by atoms with E-state index < -0.39 is 0 Å². The van der Waals surface area contributed by atoms with Crippen LogP contribution in [-0.4, -0.2) is 29.0 Å². The van der Waals surface area contributed by atoms with Gasteiger partial charge in [-0.05, 0) is 18.9 Å². The van der Waals surface area contributed by atoms with Crippen molar-refractivity contribution < 1.29 is 4.74 Å². The van der Waals surface area contributed by atoms with E-state index in [0.717, 1.165) is 25.4 Å². The summed E-state index contributed by atoms with van der Waals surface area (Å²) in [5, 5.41) is 7.64. The smallest absolute Gasteiger partial charge is 0.0762 e. The monoisotopic (exact) mass is 223 g/mol. The van der Waals surface area contributed by atoms with E-state index in [1.807, 2.05) is 24.0 Å². The predicted octanol–water partition coefficient (Wildman–Crippen LogP) is 1.47. The van der Waals surface area contributed by atoms with Gasteiger partial charge < -0.3 is 10.1 Å². The summed E-state index contributed by atoms with van der Waals surface area (Å²) in [6.45, 7) is 2.56. The molecule has 1 aromatic rings. The van der Waals surface area contributed by atoms with Crippen LogP contribution in [0.4, 0.5) is 0 Å². The molecule has 0 radical (unpaired) electrons. The third-order valence-electron chi connectivity index (χ3n) is 3.01. The molecule has 1 N–H and O–H groups in total. The van der Waals surface area contributed by atoms with Crippen LogP contribution in [0.15, 0.2) is 12.3 Å². The molecule has 16 heavy (non-hydrogen) atoms. The Morgan fingerprint density at radius 1 is 1.50 bits per heavy atom. The quantitative estimate of drug-likeness (QED) is 0.742. The van der Waals surface area contributed by atoms with Crippen molar-refractivity contribution in [1.82, 2.24) is 15.1 Å². The molecule has 1 fully saturated rings. The second-order valence-electron chi connectivity index (χ2n) is 4.43. The Labute approximate surface area is 97.0 Å². The van der Waals surface area contributed by atoms with Gasteiger partial charge in [-0.1, -0.05) is 12.8 Å². The number of nitrogens with one attached hydrogen (secondary N) is 1. The highest BCUT2D eigenvalue weighted by atomic mass is 16.5. The molecule has 1 heterocycles. The largest absolute Gasteiger partial charge is 0.377 e. The van der Waals surface area contributed by atoms with Crippen molar-refractivity contribution in [3.63, 3.8) is 0 Å². The van der Waals surface area contributed by atoms with Crippen molar-refractivity contribution in [1.29, 1.82) is 0 Å². The lowest BCUT2D eigenvalue weighted by molar-refractivity contribution is 0.0602. The van der Waals surface area contributed by atoms with E-state index in [0.29, 0.717) is 6.10 Å². The zero-order chi connectivity index (χ0) is 11.2.